The van der Waals surface area contributed by atoms with Gasteiger partial charge in [-0.3, -0.25) is 9.59 Å². The number of hydrogen-bond donors (Lipinski definition) is 2. The zero-order valence-electron chi connectivity index (χ0n) is 10.6. The van der Waals surface area contributed by atoms with Crippen LogP contribution in [-0.4, -0.2) is 39.6 Å². The summed E-state index contributed by atoms with van der Waals surface area (Å²) >= 11 is 0. The Morgan fingerprint density at radius 1 is 1.26 bits per heavy atom. The third-order valence-electron chi connectivity index (χ3n) is 3.21. The molecule has 5 nitrogen and oxygen atoms in total. The van der Waals surface area contributed by atoms with E-state index in [0.29, 0.717) is 12.0 Å². The smallest absolute Gasteiger partial charge is 0.323 e. The largest absolute Gasteiger partial charge is 0.508 e. The fraction of sp³-hybridized carbons (Fsp3) is 0.429. The molecule has 2 N–H and O–H groups in total. The molecule has 0 heterocycles. The van der Waals surface area contributed by atoms with Crippen molar-refractivity contribution in [3.8, 4) is 5.75 Å². The number of carbonyl (C=O) groups is 2. The summed E-state index contributed by atoms with van der Waals surface area (Å²) in [6.45, 7) is -0.232. The van der Waals surface area contributed by atoms with Crippen molar-refractivity contribution in [3.05, 3.63) is 29.8 Å². The minimum atomic E-state index is -0.984. The first-order chi connectivity index (χ1) is 9.08. The standard InChI is InChI=1S/C14H17NO4/c16-12-4-2-1-3-10(12)5-8-13(17)15(9-14(18)19)11-6-7-11/h1-4,11,16H,5-9H2,(H,18,19). The van der Waals surface area contributed by atoms with Crippen LogP contribution in [0.5, 0.6) is 5.75 Å². The fourth-order valence-electron chi connectivity index (χ4n) is 2.06. The maximum atomic E-state index is 12.0. The third-order valence-corrected chi connectivity index (χ3v) is 3.21. The van der Waals surface area contributed by atoms with Gasteiger partial charge in [-0.1, -0.05) is 18.2 Å². The Kier molecular flexibility index (Phi) is 4.04. The lowest BCUT2D eigenvalue weighted by atomic mass is 10.1. The van der Waals surface area contributed by atoms with Crippen LogP contribution in [0.4, 0.5) is 0 Å². The second-order valence-corrected chi connectivity index (χ2v) is 4.78. The van der Waals surface area contributed by atoms with Gasteiger partial charge in [0.1, 0.15) is 12.3 Å². The molecule has 0 atom stereocenters. The fourth-order valence-corrected chi connectivity index (χ4v) is 2.06. The first-order valence-electron chi connectivity index (χ1n) is 6.36. The van der Waals surface area contributed by atoms with Crippen molar-refractivity contribution in [2.45, 2.75) is 31.7 Å². The molecule has 1 amide bonds. The highest BCUT2D eigenvalue weighted by Gasteiger charge is 2.33. The summed E-state index contributed by atoms with van der Waals surface area (Å²) in [6.07, 6.45) is 2.42. The number of aryl methyl sites for hydroxylation is 1. The number of aromatic hydroxyl groups is 1. The predicted octanol–water partition coefficient (Wildman–Crippen LogP) is 1.40. The molecule has 1 saturated carbocycles. The van der Waals surface area contributed by atoms with E-state index in [1.54, 1.807) is 24.3 Å². The number of amides is 1. The van der Waals surface area contributed by atoms with E-state index in [1.807, 2.05) is 0 Å². The molecule has 102 valence electrons. The Morgan fingerprint density at radius 2 is 1.95 bits per heavy atom. The average molecular weight is 263 g/mol. The van der Waals surface area contributed by atoms with E-state index in [1.165, 1.54) is 4.90 Å². The zero-order chi connectivity index (χ0) is 13.8. The van der Waals surface area contributed by atoms with Gasteiger partial charge in [-0.05, 0) is 30.9 Å². The van der Waals surface area contributed by atoms with Crippen LogP contribution in [0.25, 0.3) is 0 Å². The topological polar surface area (TPSA) is 77.8 Å². The van der Waals surface area contributed by atoms with Gasteiger partial charge < -0.3 is 15.1 Å². The van der Waals surface area contributed by atoms with Crippen LogP contribution in [0, 0.1) is 0 Å². The molecular formula is C14H17NO4. The Labute approximate surface area is 111 Å². The monoisotopic (exact) mass is 263 g/mol. The van der Waals surface area contributed by atoms with Crippen LogP contribution in [0.3, 0.4) is 0 Å². The van der Waals surface area contributed by atoms with Gasteiger partial charge in [0.25, 0.3) is 0 Å². The van der Waals surface area contributed by atoms with Gasteiger partial charge in [0.15, 0.2) is 0 Å². The third kappa shape index (κ3) is 3.71. The molecule has 19 heavy (non-hydrogen) atoms. The molecule has 0 bridgehead atoms. The van der Waals surface area contributed by atoms with Gasteiger partial charge in [0, 0.05) is 12.5 Å². The van der Waals surface area contributed by atoms with Crippen LogP contribution < -0.4 is 0 Å². The van der Waals surface area contributed by atoms with Gasteiger partial charge >= 0.3 is 5.97 Å². The molecule has 1 aliphatic carbocycles. The van der Waals surface area contributed by atoms with Crippen LogP contribution in [0.15, 0.2) is 24.3 Å². The zero-order valence-corrected chi connectivity index (χ0v) is 10.6. The van der Waals surface area contributed by atoms with Crippen molar-refractivity contribution >= 4 is 11.9 Å². The Bertz CT molecular complexity index is 482. The summed E-state index contributed by atoms with van der Waals surface area (Å²) in [5, 5.41) is 18.4. The number of phenols is 1. The van der Waals surface area contributed by atoms with E-state index in [4.69, 9.17) is 5.11 Å². The lowest BCUT2D eigenvalue weighted by Crippen LogP contribution is -2.37. The van der Waals surface area contributed by atoms with Gasteiger partial charge in [0.05, 0.1) is 0 Å². The molecule has 0 saturated heterocycles. The van der Waals surface area contributed by atoms with E-state index in [0.717, 1.165) is 12.8 Å². The summed E-state index contributed by atoms with van der Waals surface area (Å²) in [5.74, 6) is -0.970. The maximum absolute atomic E-state index is 12.0. The summed E-state index contributed by atoms with van der Waals surface area (Å²) in [4.78, 5) is 24.2. The van der Waals surface area contributed by atoms with Crippen molar-refractivity contribution in [1.82, 2.24) is 4.90 Å². The quantitative estimate of drug-likeness (QED) is 0.813. The van der Waals surface area contributed by atoms with Crippen LogP contribution in [-0.2, 0) is 16.0 Å². The number of carbonyl (C=O) groups excluding carboxylic acids is 1. The van der Waals surface area contributed by atoms with E-state index in [9.17, 15) is 14.7 Å². The molecule has 0 unspecified atom stereocenters. The Hall–Kier alpha value is -2.04. The van der Waals surface area contributed by atoms with Crippen molar-refractivity contribution in [3.63, 3.8) is 0 Å². The molecule has 2 rings (SSSR count). The molecule has 1 fully saturated rings. The van der Waals surface area contributed by atoms with Crippen LogP contribution in [0.2, 0.25) is 0 Å². The molecule has 0 aliphatic heterocycles. The van der Waals surface area contributed by atoms with Crippen molar-refractivity contribution < 1.29 is 19.8 Å². The first-order valence-corrected chi connectivity index (χ1v) is 6.36. The molecular weight excluding hydrogens is 246 g/mol. The van der Waals surface area contributed by atoms with Gasteiger partial charge in [-0.15, -0.1) is 0 Å². The first kappa shape index (κ1) is 13.4. The lowest BCUT2D eigenvalue weighted by Gasteiger charge is -2.20. The normalized spacial score (nSPS) is 14.1. The summed E-state index contributed by atoms with van der Waals surface area (Å²) in [6, 6.07) is 6.96. The van der Waals surface area contributed by atoms with Gasteiger partial charge in [0.2, 0.25) is 5.91 Å². The SMILES string of the molecule is O=C(O)CN(C(=O)CCc1ccccc1O)C1CC1. The van der Waals surface area contributed by atoms with E-state index in [2.05, 4.69) is 0 Å². The van der Waals surface area contributed by atoms with Gasteiger partial charge in [-0.2, -0.15) is 0 Å². The number of benzene rings is 1. The maximum Gasteiger partial charge on any atom is 0.323 e. The minimum Gasteiger partial charge on any atom is -0.508 e. The average Bonchev–Trinajstić information content (AvgIpc) is 3.18. The van der Waals surface area contributed by atoms with Crippen LogP contribution >= 0.6 is 0 Å². The predicted molar refractivity (Wildman–Crippen MR) is 68.8 cm³/mol. The van der Waals surface area contributed by atoms with E-state index >= 15 is 0 Å². The second-order valence-electron chi connectivity index (χ2n) is 4.78. The van der Waals surface area contributed by atoms with Crippen molar-refractivity contribution in [2.24, 2.45) is 0 Å². The highest BCUT2D eigenvalue weighted by atomic mass is 16.4. The molecule has 1 aromatic rings. The summed E-state index contributed by atoms with van der Waals surface area (Å²) in [7, 11) is 0. The molecule has 0 aromatic heterocycles. The Balaban J connectivity index is 1.92. The summed E-state index contributed by atoms with van der Waals surface area (Å²) < 4.78 is 0. The van der Waals surface area contributed by atoms with E-state index < -0.39 is 5.97 Å². The number of nitrogens with zero attached hydrogens (tertiary/aromatic N) is 1. The lowest BCUT2D eigenvalue weighted by molar-refractivity contribution is -0.144. The molecule has 1 aromatic carbocycles. The number of phenolic OH excluding ortho intramolecular Hbond substituents is 1. The second kappa shape index (κ2) is 5.73. The van der Waals surface area contributed by atoms with Gasteiger partial charge in [-0.25, -0.2) is 0 Å². The highest BCUT2D eigenvalue weighted by molar-refractivity contribution is 5.82. The molecule has 0 radical (unpaired) electrons. The number of rotatable bonds is 6. The number of hydrogen-bond acceptors (Lipinski definition) is 3. The van der Waals surface area contributed by atoms with Crippen molar-refractivity contribution in [2.75, 3.05) is 6.54 Å². The minimum absolute atomic E-state index is 0.0907. The van der Waals surface area contributed by atoms with Crippen molar-refractivity contribution in [1.29, 1.82) is 0 Å². The highest BCUT2D eigenvalue weighted by Crippen LogP contribution is 2.27. The summed E-state index contributed by atoms with van der Waals surface area (Å²) in [5.41, 5.74) is 0.710. The van der Waals surface area contributed by atoms with Crippen LogP contribution in [0.1, 0.15) is 24.8 Å². The number of carboxylic acids is 1. The Morgan fingerprint density at radius 3 is 2.53 bits per heavy atom. The number of aliphatic carboxylic acids is 1. The molecule has 1 aliphatic rings. The van der Waals surface area contributed by atoms with E-state index in [-0.39, 0.29) is 30.7 Å². The molecule has 0 spiro atoms. The number of para-hydroxylation sites is 1. The number of carboxylic acid groups (broad SMARTS) is 1. The molecule has 5 heteroatoms.